The fourth-order valence-corrected chi connectivity index (χ4v) is 2.42. The summed E-state index contributed by atoms with van der Waals surface area (Å²) < 4.78 is 1.91. The van der Waals surface area contributed by atoms with Crippen LogP contribution in [0.1, 0.15) is 33.1 Å². The lowest BCUT2D eigenvalue weighted by atomic mass is 9.95. The van der Waals surface area contributed by atoms with Crippen molar-refractivity contribution in [2.45, 2.75) is 45.3 Å². The number of rotatable bonds is 6. The molecule has 19 heavy (non-hydrogen) atoms. The van der Waals surface area contributed by atoms with E-state index in [0.29, 0.717) is 6.54 Å². The molecule has 1 heterocycles. The maximum atomic E-state index is 10.6. The quantitative estimate of drug-likeness (QED) is 0.861. The van der Waals surface area contributed by atoms with Gasteiger partial charge in [0.05, 0.1) is 17.8 Å². The van der Waals surface area contributed by atoms with Crippen LogP contribution in [0.5, 0.6) is 0 Å². The van der Waals surface area contributed by atoms with E-state index < -0.39 is 5.60 Å². The van der Waals surface area contributed by atoms with Crippen LogP contribution in [0, 0.1) is 0 Å². The molecule has 1 atom stereocenters. The number of aliphatic hydroxyl groups is 1. The molecule has 0 radical (unpaired) electrons. The molecule has 0 bridgehead atoms. The molecule has 3 heteroatoms. The highest BCUT2D eigenvalue weighted by Gasteiger charge is 2.25. The van der Waals surface area contributed by atoms with Gasteiger partial charge in [0.15, 0.2) is 0 Å². The van der Waals surface area contributed by atoms with Gasteiger partial charge in [0.2, 0.25) is 0 Å². The van der Waals surface area contributed by atoms with Gasteiger partial charge in [-0.25, -0.2) is 0 Å². The van der Waals surface area contributed by atoms with Crippen molar-refractivity contribution in [2.24, 2.45) is 0 Å². The minimum absolute atomic E-state index is 0.550. The number of hydrogen-bond acceptors (Lipinski definition) is 2. The summed E-state index contributed by atoms with van der Waals surface area (Å²) in [4.78, 5) is 0. The second-order valence-corrected chi connectivity index (χ2v) is 5.07. The molecule has 1 N–H and O–H groups in total. The summed E-state index contributed by atoms with van der Waals surface area (Å²) in [5, 5.41) is 15.0. The van der Waals surface area contributed by atoms with Gasteiger partial charge in [-0.05, 0) is 24.5 Å². The maximum Gasteiger partial charge on any atom is 0.0840 e. The van der Waals surface area contributed by atoms with Gasteiger partial charge >= 0.3 is 0 Å². The van der Waals surface area contributed by atoms with Crippen LogP contribution in [0.25, 0.3) is 11.3 Å². The summed E-state index contributed by atoms with van der Waals surface area (Å²) in [5.74, 6) is 0. The molecule has 1 aromatic carbocycles. The van der Waals surface area contributed by atoms with Gasteiger partial charge in [0.25, 0.3) is 0 Å². The predicted octanol–water partition coefficient (Wildman–Crippen LogP) is 3.49. The molecule has 2 rings (SSSR count). The molecular weight excluding hydrogens is 236 g/mol. The summed E-state index contributed by atoms with van der Waals surface area (Å²) >= 11 is 0. The Kier molecular flexibility index (Phi) is 4.38. The minimum atomic E-state index is -0.662. The Morgan fingerprint density at radius 2 is 1.89 bits per heavy atom. The summed E-state index contributed by atoms with van der Waals surface area (Å²) in [6.45, 7) is 4.68. The van der Waals surface area contributed by atoms with Crippen molar-refractivity contribution in [3.63, 3.8) is 0 Å². The van der Waals surface area contributed by atoms with Crippen LogP contribution in [0.4, 0.5) is 0 Å². The Balaban J connectivity index is 2.25. The third-order valence-corrected chi connectivity index (χ3v) is 3.60. The number of nitrogens with zero attached hydrogens (tertiary/aromatic N) is 2. The van der Waals surface area contributed by atoms with Crippen molar-refractivity contribution >= 4 is 0 Å². The summed E-state index contributed by atoms with van der Waals surface area (Å²) in [6.07, 6.45) is 4.32. The van der Waals surface area contributed by atoms with Crippen LogP contribution in [-0.4, -0.2) is 20.5 Å². The van der Waals surface area contributed by atoms with Crippen LogP contribution >= 0.6 is 0 Å². The molecule has 0 fully saturated rings. The lowest BCUT2D eigenvalue weighted by molar-refractivity contribution is 0.00714. The van der Waals surface area contributed by atoms with Gasteiger partial charge in [-0.15, -0.1) is 0 Å². The predicted molar refractivity (Wildman–Crippen MR) is 77.8 cm³/mol. The molecule has 0 aliphatic heterocycles. The van der Waals surface area contributed by atoms with Gasteiger partial charge in [0.1, 0.15) is 0 Å². The highest BCUT2D eigenvalue weighted by Crippen LogP contribution is 2.24. The summed E-state index contributed by atoms with van der Waals surface area (Å²) in [6, 6.07) is 12.2. The Labute approximate surface area is 114 Å². The molecule has 3 nitrogen and oxygen atoms in total. The zero-order chi connectivity index (χ0) is 13.7. The zero-order valence-corrected chi connectivity index (χ0v) is 11.7. The van der Waals surface area contributed by atoms with Crippen molar-refractivity contribution in [2.75, 3.05) is 0 Å². The lowest BCUT2D eigenvalue weighted by Gasteiger charge is -2.27. The fraction of sp³-hybridized carbons (Fsp3) is 0.438. The normalized spacial score (nSPS) is 14.3. The highest BCUT2D eigenvalue weighted by atomic mass is 16.3. The second kappa shape index (κ2) is 6.02. The topological polar surface area (TPSA) is 38.0 Å². The number of aromatic nitrogens is 2. The third kappa shape index (κ3) is 3.24. The first-order valence-corrected chi connectivity index (χ1v) is 6.98. The average molecular weight is 258 g/mol. The Hall–Kier alpha value is -1.61. The molecule has 1 unspecified atom stereocenters. The van der Waals surface area contributed by atoms with E-state index in [1.165, 1.54) is 0 Å². The van der Waals surface area contributed by atoms with Crippen molar-refractivity contribution in [3.8, 4) is 11.3 Å². The maximum absolute atomic E-state index is 10.6. The molecule has 0 spiro atoms. The molecule has 102 valence electrons. The van der Waals surface area contributed by atoms with Crippen LogP contribution in [0.2, 0.25) is 0 Å². The van der Waals surface area contributed by atoms with Crippen molar-refractivity contribution < 1.29 is 5.11 Å². The third-order valence-electron chi connectivity index (χ3n) is 3.60. The van der Waals surface area contributed by atoms with E-state index in [-0.39, 0.29) is 0 Å². The van der Waals surface area contributed by atoms with Crippen molar-refractivity contribution in [1.82, 2.24) is 9.78 Å². The van der Waals surface area contributed by atoms with E-state index in [4.69, 9.17) is 0 Å². The van der Waals surface area contributed by atoms with Gasteiger partial charge in [-0.3, -0.25) is 4.68 Å². The standard InChI is InChI=1S/C16H22N2O/c1-3-11-16(19,4-2)13-18-15(10-12-17-18)14-8-6-5-7-9-14/h5-10,12,19H,3-4,11,13H2,1-2H3. The van der Waals surface area contributed by atoms with Crippen molar-refractivity contribution in [3.05, 3.63) is 42.6 Å². The van der Waals surface area contributed by atoms with Gasteiger partial charge in [-0.1, -0.05) is 50.6 Å². The van der Waals surface area contributed by atoms with Gasteiger partial charge in [-0.2, -0.15) is 5.10 Å². The molecule has 1 aromatic heterocycles. The van der Waals surface area contributed by atoms with E-state index in [1.54, 1.807) is 6.20 Å². The largest absolute Gasteiger partial charge is 0.388 e. The lowest BCUT2D eigenvalue weighted by Crippen LogP contribution is -2.34. The molecule has 0 saturated heterocycles. The molecule has 2 aromatic rings. The average Bonchev–Trinajstić information content (AvgIpc) is 2.88. The van der Waals surface area contributed by atoms with Crippen LogP contribution < -0.4 is 0 Å². The summed E-state index contributed by atoms with van der Waals surface area (Å²) in [7, 11) is 0. The Morgan fingerprint density at radius 1 is 1.16 bits per heavy atom. The van der Waals surface area contributed by atoms with E-state index in [1.807, 2.05) is 35.9 Å². The zero-order valence-electron chi connectivity index (χ0n) is 11.7. The first-order valence-electron chi connectivity index (χ1n) is 6.98. The van der Waals surface area contributed by atoms with Crippen LogP contribution in [0.15, 0.2) is 42.6 Å². The van der Waals surface area contributed by atoms with Crippen molar-refractivity contribution in [1.29, 1.82) is 0 Å². The van der Waals surface area contributed by atoms with Gasteiger partial charge < -0.3 is 5.11 Å². The smallest absolute Gasteiger partial charge is 0.0840 e. The van der Waals surface area contributed by atoms with E-state index in [9.17, 15) is 5.11 Å². The van der Waals surface area contributed by atoms with Crippen LogP contribution in [-0.2, 0) is 6.54 Å². The second-order valence-electron chi connectivity index (χ2n) is 5.07. The first-order chi connectivity index (χ1) is 9.18. The van der Waals surface area contributed by atoms with E-state index in [2.05, 4.69) is 24.2 Å². The van der Waals surface area contributed by atoms with Gasteiger partial charge in [0, 0.05) is 6.20 Å². The Morgan fingerprint density at radius 3 is 2.53 bits per heavy atom. The number of benzene rings is 1. The molecular formula is C16H22N2O. The van der Waals surface area contributed by atoms with E-state index in [0.717, 1.165) is 30.5 Å². The van der Waals surface area contributed by atoms with Crippen LogP contribution in [0.3, 0.4) is 0 Å². The minimum Gasteiger partial charge on any atom is -0.388 e. The molecule has 0 saturated carbocycles. The van der Waals surface area contributed by atoms with E-state index >= 15 is 0 Å². The SMILES string of the molecule is CCCC(O)(CC)Cn1nccc1-c1ccccc1. The molecule has 0 aliphatic rings. The summed E-state index contributed by atoms with van der Waals surface area (Å²) in [5.41, 5.74) is 1.53. The fourth-order valence-electron chi connectivity index (χ4n) is 2.42. The monoisotopic (exact) mass is 258 g/mol. The molecule has 0 aliphatic carbocycles. The highest BCUT2D eigenvalue weighted by molar-refractivity contribution is 5.58. The first kappa shape index (κ1) is 13.8. The number of hydrogen-bond donors (Lipinski definition) is 1. The molecule has 0 amide bonds. The Bertz CT molecular complexity index is 506.